The zero-order chi connectivity index (χ0) is 17.4. The Kier molecular flexibility index (Phi) is 5.26. The minimum atomic E-state index is 0.0840. The molecule has 0 nitrogen and oxygen atoms in total. The molecule has 0 fully saturated rings. The summed E-state index contributed by atoms with van der Waals surface area (Å²) in [6, 6.07) is 11.2. The maximum absolute atomic E-state index is 6.20. The van der Waals surface area contributed by atoms with Crippen LogP contribution in [0.4, 0.5) is 0 Å². The first-order valence-electron chi connectivity index (χ1n) is 8.48. The fourth-order valence-corrected chi connectivity index (χ4v) is 3.35. The first kappa shape index (κ1) is 18.1. The number of hydrogen-bond donors (Lipinski definition) is 0. The lowest BCUT2D eigenvalue weighted by atomic mass is 9.76. The van der Waals surface area contributed by atoms with E-state index in [1.807, 2.05) is 6.07 Å². The van der Waals surface area contributed by atoms with E-state index in [2.05, 4.69) is 72.7 Å². The van der Waals surface area contributed by atoms with Crippen molar-refractivity contribution in [2.45, 2.75) is 66.2 Å². The molecule has 0 saturated carbocycles. The van der Waals surface area contributed by atoms with Gasteiger partial charge in [-0.05, 0) is 78.0 Å². The summed E-state index contributed by atoms with van der Waals surface area (Å²) < 4.78 is 0. The molecule has 23 heavy (non-hydrogen) atoms. The highest BCUT2D eigenvalue weighted by Gasteiger charge is 2.24. The van der Waals surface area contributed by atoms with Crippen LogP contribution in [0, 0.1) is 20.8 Å². The van der Waals surface area contributed by atoms with Gasteiger partial charge in [-0.25, -0.2) is 0 Å². The molecule has 124 valence electrons. The summed E-state index contributed by atoms with van der Waals surface area (Å²) in [6.07, 6.45) is 1.04. The van der Waals surface area contributed by atoms with Crippen molar-refractivity contribution < 1.29 is 0 Å². The largest absolute Gasteiger partial charge is 0.0841 e. The quantitative estimate of drug-likeness (QED) is 0.572. The summed E-state index contributed by atoms with van der Waals surface area (Å²) in [5.41, 5.74) is 8.31. The van der Waals surface area contributed by atoms with Crippen molar-refractivity contribution in [3.05, 3.63) is 68.7 Å². The molecule has 0 aliphatic rings. The third-order valence-electron chi connectivity index (χ3n) is 4.95. The van der Waals surface area contributed by atoms with E-state index in [1.54, 1.807) is 0 Å². The maximum atomic E-state index is 6.20. The van der Waals surface area contributed by atoms with Gasteiger partial charge in [-0.2, -0.15) is 0 Å². The third-order valence-corrected chi connectivity index (χ3v) is 5.37. The standard InChI is InChI=1S/C22H29Cl/c1-14(2)20-12-16(4)15(3)10-18(20)13-22(6,7)19-8-9-21(23)17(5)11-19/h8-12,14H,13H2,1-7H3. The summed E-state index contributed by atoms with van der Waals surface area (Å²) >= 11 is 6.20. The van der Waals surface area contributed by atoms with Gasteiger partial charge in [0.05, 0.1) is 0 Å². The van der Waals surface area contributed by atoms with Crippen LogP contribution in [0.5, 0.6) is 0 Å². The highest BCUT2D eigenvalue weighted by atomic mass is 35.5. The average molecular weight is 329 g/mol. The minimum Gasteiger partial charge on any atom is -0.0841 e. The number of benzene rings is 2. The topological polar surface area (TPSA) is 0 Å². The molecule has 0 amide bonds. The Morgan fingerprint density at radius 2 is 1.52 bits per heavy atom. The highest BCUT2D eigenvalue weighted by Crippen LogP contribution is 2.33. The van der Waals surface area contributed by atoms with E-state index in [1.165, 1.54) is 27.8 Å². The van der Waals surface area contributed by atoms with Gasteiger partial charge < -0.3 is 0 Å². The van der Waals surface area contributed by atoms with Crippen LogP contribution in [0.2, 0.25) is 5.02 Å². The Hall–Kier alpha value is -1.27. The molecule has 2 rings (SSSR count). The van der Waals surface area contributed by atoms with E-state index >= 15 is 0 Å². The van der Waals surface area contributed by atoms with E-state index in [0.717, 1.165) is 17.0 Å². The molecule has 0 N–H and O–H groups in total. The zero-order valence-electron chi connectivity index (χ0n) is 15.5. The Morgan fingerprint density at radius 3 is 2.09 bits per heavy atom. The van der Waals surface area contributed by atoms with Crippen molar-refractivity contribution in [3.63, 3.8) is 0 Å². The Balaban J connectivity index is 2.43. The monoisotopic (exact) mass is 328 g/mol. The molecule has 1 heteroatoms. The minimum absolute atomic E-state index is 0.0840. The summed E-state index contributed by atoms with van der Waals surface area (Å²) in [5, 5.41) is 0.846. The lowest BCUT2D eigenvalue weighted by Gasteiger charge is -2.28. The lowest BCUT2D eigenvalue weighted by molar-refractivity contribution is 0.518. The van der Waals surface area contributed by atoms with Crippen LogP contribution in [-0.2, 0) is 11.8 Å². The van der Waals surface area contributed by atoms with Gasteiger partial charge in [-0.3, -0.25) is 0 Å². The molecule has 0 aromatic heterocycles. The third kappa shape index (κ3) is 3.98. The fraction of sp³-hybridized carbons (Fsp3) is 0.455. The SMILES string of the molecule is Cc1cc(CC(C)(C)c2ccc(Cl)c(C)c2)c(C(C)C)cc1C. The second-order valence-electron chi connectivity index (χ2n) is 7.81. The van der Waals surface area contributed by atoms with E-state index < -0.39 is 0 Å². The highest BCUT2D eigenvalue weighted by molar-refractivity contribution is 6.31. The number of halogens is 1. The van der Waals surface area contributed by atoms with Crippen molar-refractivity contribution >= 4 is 11.6 Å². The van der Waals surface area contributed by atoms with Crippen molar-refractivity contribution in [2.24, 2.45) is 0 Å². The van der Waals surface area contributed by atoms with Gasteiger partial charge in [0, 0.05) is 5.02 Å². The first-order valence-corrected chi connectivity index (χ1v) is 8.86. The summed E-state index contributed by atoms with van der Waals surface area (Å²) in [4.78, 5) is 0. The molecule has 0 radical (unpaired) electrons. The Labute approximate surface area is 146 Å². The van der Waals surface area contributed by atoms with Gasteiger partial charge in [0.15, 0.2) is 0 Å². The summed E-state index contributed by atoms with van der Waals surface area (Å²) in [5.74, 6) is 0.548. The molecule has 0 aliphatic carbocycles. The molecule has 0 atom stereocenters. The number of rotatable bonds is 4. The molecular weight excluding hydrogens is 300 g/mol. The molecular formula is C22H29Cl. The van der Waals surface area contributed by atoms with Crippen molar-refractivity contribution in [3.8, 4) is 0 Å². The van der Waals surface area contributed by atoms with Gasteiger partial charge in [-0.1, -0.05) is 63.6 Å². The van der Waals surface area contributed by atoms with Gasteiger partial charge in [-0.15, -0.1) is 0 Å². The zero-order valence-corrected chi connectivity index (χ0v) is 16.3. The van der Waals surface area contributed by atoms with Crippen molar-refractivity contribution in [1.29, 1.82) is 0 Å². The molecule has 0 spiro atoms. The first-order chi connectivity index (χ1) is 10.6. The summed E-state index contributed by atoms with van der Waals surface area (Å²) in [6.45, 7) is 15.7. The van der Waals surface area contributed by atoms with Crippen molar-refractivity contribution in [1.82, 2.24) is 0 Å². The molecule has 0 bridgehead atoms. The van der Waals surface area contributed by atoms with E-state index in [4.69, 9.17) is 11.6 Å². The van der Waals surface area contributed by atoms with Crippen LogP contribution in [0.1, 0.15) is 67.0 Å². The van der Waals surface area contributed by atoms with Crippen LogP contribution in [-0.4, -0.2) is 0 Å². The summed E-state index contributed by atoms with van der Waals surface area (Å²) in [7, 11) is 0. The van der Waals surface area contributed by atoms with Crippen LogP contribution in [0.25, 0.3) is 0 Å². The average Bonchev–Trinajstić information content (AvgIpc) is 2.44. The van der Waals surface area contributed by atoms with E-state index in [9.17, 15) is 0 Å². The van der Waals surface area contributed by atoms with Crippen LogP contribution < -0.4 is 0 Å². The second kappa shape index (κ2) is 6.69. The Morgan fingerprint density at radius 1 is 0.913 bits per heavy atom. The maximum Gasteiger partial charge on any atom is 0.0435 e. The Bertz CT molecular complexity index is 708. The molecule has 2 aromatic rings. The molecule has 2 aromatic carbocycles. The van der Waals surface area contributed by atoms with Gasteiger partial charge in [0.25, 0.3) is 0 Å². The van der Waals surface area contributed by atoms with Gasteiger partial charge in [0.1, 0.15) is 0 Å². The van der Waals surface area contributed by atoms with E-state index in [0.29, 0.717) is 5.92 Å². The van der Waals surface area contributed by atoms with Crippen LogP contribution in [0.15, 0.2) is 30.3 Å². The molecule has 0 unspecified atom stereocenters. The predicted molar refractivity (Wildman–Crippen MR) is 103 cm³/mol. The fourth-order valence-electron chi connectivity index (χ4n) is 3.23. The molecule has 0 heterocycles. The predicted octanol–water partition coefficient (Wildman–Crippen LogP) is 6.91. The van der Waals surface area contributed by atoms with E-state index in [-0.39, 0.29) is 5.41 Å². The van der Waals surface area contributed by atoms with Gasteiger partial charge >= 0.3 is 0 Å². The smallest absolute Gasteiger partial charge is 0.0435 e. The second-order valence-corrected chi connectivity index (χ2v) is 8.22. The van der Waals surface area contributed by atoms with Crippen LogP contribution in [0.3, 0.4) is 0 Å². The van der Waals surface area contributed by atoms with Crippen molar-refractivity contribution in [2.75, 3.05) is 0 Å². The normalized spacial score (nSPS) is 12.0. The van der Waals surface area contributed by atoms with Crippen LogP contribution >= 0.6 is 11.6 Å². The lowest BCUT2D eigenvalue weighted by Crippen LogP contribution is -2.22. The number of hydrogen-bond acceptors (Lipinski definition) is 0. The number of aryl methyl sites for hydroxylation is 3. The molecule has 0 saturated heterocycles. The molecule has 0 aliphatic heterocycles. The van der Waals surface area contributed by atoms with Gasteiger partial charge in [0.2, 0.25) is 0 Å².